The van der Waals surface area contributed by atoms with Crippen LogP contribution < -0.4 is 4.90 Å². The Morgan fingerprint density at radius 2 is 2.19 bits per heavy atom. The maximum Gasteiger partial charge on any atom is 0.249 e. The molecule has 0 spiro atoms. The van der Waals surface area contributed by atoms with Crippen molar-refractivity contribution in [2.45, 2.75) is 19.3 Å². The molecule has 134 valence electrons. The molecule has 1 saturated carbocycles. The standard InChI is InChI=1S/C19H16N6O2/c20-11-19(13-1-2-13)4-6-24(18(19)27)17-16-3-5-22-25(16)10-15(23-17)12-7-14(26)9-21-8-12/h3,5,7-10,13,26H,1-2,4,6H2/t19-/m1/s1. The van der Waals surface area contributed by atoms with E-state index >= 15 is 0 Å². The zero-order valence-corrected chi connectivity index (χ0v) is 14.4. The molecular formula is C19H16N6O2. The number of nitrogens with zero attached hydrogens (tertiary/aromatic N) is 6. The van der Waals surface area contributed by atoms with E-state index in [0.29, 0.717) is 35.6 Å². The van der Waals surface area contributed by atoms with E-state index in [1.54, 1.807) is 40.1 Å². The van der Waals surface area contributed by atoms with Gasteiger partial charge in [0.05, 0.1) is 30.4 Å². The van der Waals surface area contributed by atoms with E-state index in [4.69, 9.17) is 0 Å². The normalized spacial score (nSPS) is 22.3. The van der Waals surface area contributed by atoms with Crippen molar-refractivity contribution in [3.8, 4) is 23.1 Å². The van der Waals surface area contributed by atoms with Gasteiger partial charge in [-0.25, -0.2) is 9.50 Å². The molecule has 0 unspecified atom stereocenters. The first-order valence-electron chi connectivity index (χ1n) is 8.84. The lowest BCUT2D eigenvalue weighted by Crippen LogP contribution is -2.36. The number of rotatable bonds is 3. The van der Waals surface area contributed by atoms with Crippen LogP contribution in [0.1, 0.15) is 19.3 Å². The number of carbonyl (C=O) groups is 1. The van der Waals surface area contributed by atoms with Crippen molar-refractivity contribution in [3.05, 3.63) is 36.9 Å². The van der Waals surface area contributed by atoms with Gasteiger partial charge in [-0.2, -0.15) is 10.4 Å². The molecule has 1 N–H and O–H groups in total. The van der Waals surface area contributed by atoms with Crippen molar-refractivity contribution >= 4 is 17.2 Å². The average Bonchev–Trinajstić information content (AvgIpc) is 3.32. The van der Waals surface area contributed by atoms with Gasteiger partial charge in [-0.05, 0) is 37.3 Å². The van der Waals surface area contributed by atoms with Gasteiger partial charge in [0, 0.05) is 18.3 Å². The van der Waals surface area contributed by atoms with Crippen molar-refractivity contribution in [3.63, 3.8) is 0 Å². The maximum atomic E-state index is 13.2. The molecule has 2 aliphatic rings. The summed E-state index contributed by atoms with van der Waals surface area (Å²) in [7, 11) is 0. The number of carbonyl (C=O) groups excluding carboxylic acids is 1. The number of anilines is 1. The highest BCUT2D eigenvalue weighted by molar-refractivity contribution is 6.04. The van der Waals surface area contributed by atoms with Gasteiger partial charge in [0.2, 0.25) is 5.91 Å². The number of pyridine rings is 1. The number of fused-ring (bicyclic) bond motifs is 1. The van der Waals surface area contributed by atoms with Crippen molar-refractivity contribution in [2.24, 2.45) is 11.3 Å². The van der Waals surface area contributed by atoms with Crippen LogP contribution in [-0.4, -0.2) is 37.1 Å². The third-order valence-corrected chi connectivity index (χ3v) is 5.48. The lowest BCUT2D eigenvalue weighted by molar-refractivity contribution is -0.123. The van der Waals surface area contributed by atoms with Crippen LogP contribution in [-0.2, 0) is 4.79 Å². The van der Waals surface area contributed by atoms with Crippen LogP contribution in [0, 0.1) is 22.7 Å². The van der Waals surface area contributed by atoms with Gasteiger partial charge in [-0.1, -0.05) is 0 Å². The number of amides is 1. The highest BCUT2D eigenvalue weighted by Crippen LogP contribution is 2.52. The molecule has 8 nitrogen and oxygen atoms in total. The van der Waals surface area contributed by atoms with Crippen LogP contribution in [0.15, 0.2) is 36.9 Å². The van der Waals surface area contributed by atoms with Gasteiger partial charge >= 0.3 is 0 Å². The number of aromatic hydroxyl groups is 1. The smallest absolute Gasteiger partial charge is 0.249 e. The Labute approximate surface area is 154 Å². The largest absolute Gasteiger partial charge is 0.506 e. The molecule has 3 aromatic heterocycles. The predicted molar refractivity (Wildman–Crippen MR) is 95.6 cm³/mol. The minimum atomic E-state index is -0.929. The van der Waals surface area contributed by atoms with Crippen LogP contribution in [0.3, 0.4) is 0 Å². The number of hydrogen-bond acceptors (Lipinski definition) is 6. The lowest BCUT2D eigenvalue weighted by atomic mass is 9.83. The molecule has 1 atom stereocenters. The first-order chi connectivity index (χ1) is 13.1. The third-order valence-electron chi connectivity index (χ3n) is 5.48. The SMILES string of the molecule is N#C[C@@]1(C2CC2)CCN(c2nc(-c3cncc(O)c3)cn3nccc23)C1=O. The monoisotopic (exact) mass is 360 g/mol. The summed E-state index contributed by atoms with van der Waals surface area (Å²) < 4.78 is 1.65. The van der Waals surface area contributed by atoms with Crippen LogP contribution >= 0.6 is 0 Å². The molecule has 8 heteroatoms. The number of aromatic nitrogens is 4. The molecule has 0 radical (unpaired) electrons. The second-order valence-corrected chi connectivity index (χ2v) is 7.11. The van der Waals surface area contributed by atoms with Gasteiger partial charge in [-0.3, -0.25) is 14.7 Å². The summed E-state index contributed by atoms with van der Waals surface area (Å²) in [5.74, 6) is 0.496. The molecule has 3 aromatic rings. The van der Waals surface area contributed by atoms with Crippen molar-refractivity contribution in [2.75, 3.05) is 11.4 Å². The summed E-state index contributed by atoms with van der Waals surface area (Å²) in [5, 5.41) is 23.7. The minimum absolute atomic E-state index is 0.0332. The highest BCUT2D eigenvalue weighted by Gasteiger charge is 2.57. The summed E-state index contributed by atoms with van der Waals surface area (Å²) in [6, 6.07) is 5.65. The molecule has 0 bridgehead atoms. The quantitative estimate of drug-likeness (QED) is 0.767. The molecule has 2 fully saturated rings. The fourth-order valence-electron chi connectivity index (χ4n) is 3.91. The Kier molecular flexibility index (Phi) is 3.22. The van der Waals surface area contributed by atoms with Crippen LogP contribution in [0.2, 0.25) is 0 Å². The first-order valence-corrected chi connectivity index (χ1v) is 8.84. The molecule has 4 heterocycles. The van der Waals surface area contributed by atoms with Crippen LogP contribution in [0.4, 0.5) is 5.82 Å². The second kappa shape index (κ2) is 5.51. The van der Waals surface area contributed by atoms with Gasteiger partial charge < -0.3 is 5.11 Å². The Hall–Kier alpha value is -3.47. The highest BCUT2D eigenvalue weighted by atomic mass is 16.3. The van der Waals surface area contributed by atoms with Gasteiger partial charge in [0.1, 0.15) is 16.7 Å². The van der Waals surface area contributed by atoms with Crippen molar-refractivity contribution in [1.82, 2.24) is 19.6 Å². The fraction of sp³-hybridized carbons (Fsp3) is 0.316. The lowest BCUT2D eigenvalue weighted by Gasteiger charge is -2.21. The molecule has 1 aliphatic carbocycles. The molecule has 5 rings (SSSR count). The second-order valence-electron chi connectivity index (χ2n) is 7.11. The summed E-state index contributed by atoms with van der Waals surface area (Å²) in [6.45, 7) is 0.457. The first kappa shape index (κ1) is 15.8. The maximum absolute atomic E-state index is 13.2. The van der Waals surface area contributed by atoms with E-state index in [1.165, 1.54) is 6.20 Å². The zero-order valence-electron chi connectivity index (χ0n) is 14.4. The molecular weight excluding hydrogens is 344 g/mol. The van der Waals surface area contributed by atoms with E-state index in [0.717, 1.165) is 12.8 Å². The van der Waals surface area contributed by atoms with Gasteiger partial charge in [0.25, 0.3) is 0 Å². The van der Waals surface area contributed by atoms with E-state index in [-0.39, 0.29) is 17.6 Å². The molecule has 1 saturated heterocycles. The Morgan fingerprint density at radius 3 is 2.93 bits per heavy atom. The van der Waals surface area contributed by atoms with Crippen LogP contribution in [0.25, 0.3) is 16.8 Å². The van der Waals surface area contributed by atoms with E-state index in [2.05, 4.69) is 21.1 Å². The van der Waals surface area contributed by atoms with E-state index in [9.17, 15) is 15.2 Å². The van der Waals surface area contributed by atoms with Gasteiger partial charge in [-0.15, -0.1) is 0 Å². The Morgan fingerprint density at radius 1 is 1.33 bits per heavy atom. The summed E-state index contributed by atoms with van der Waals surface area (Å²) in [5.41, 5.74) is 0.929. The summed E-state index contributed by atoms with van der Waals surface area (Å²) >= 11 is 0. The zero-order chi connectivity index (χ0) is 18.6. The average molecular weight is 360 g/mol. The molecule has 0 aromatic carbocycles. The van der Waals surface area contributed by atoms with Gasteiger partial charge in [0.15, 0.2) is 5.82 Å². The third kappa shape index (κ3) is 2.28. The van der Waals surface area contributed by atoms with Crippen molar-refractivity contribution < 1.29 is 9.90 Å². The Bertz CT molecular complexity index is 1110. The summed E-state index contributed by atoms with van der Waals surface area (Å²) in [4.78, 5) is 23.5. The van der Waals surface area contributed by atoms with Crippen LogP contribution in [0.5, 0.6) is 5.75 Å². The van der Waals surface area contributed by atoms with Crippen molar-refractivity contribution in [1.29, 1.82) is 5.26 Å². The minimum Gasteiger partial charge on any atom is -0.506 e. The van der Waals surface area contributed by atoms with E-state index < -0.39 is 5.41 Å². The Balaban J connectivity index is 1.64. The number of nitriles is 1. The fourth-order valence-corrected chi connectivity index (χ4v) is 3.91. The molecule has 1 aliphatic heterocycles. The predicted octanol–water partition coefficient (Wildman–Crippen LogP) is 2.15. The molecule has 27 heavy (non-hydrogen) atoms. The van der Waals surface area contributed by atoms with E-state index in [1.807, 2.05) is 0 Å². The summed E-state index contributed by atoms with van der Waals surface area (Å²) in [6.07, 6.45) is 8.69. The number of hydrogen-bond donors (Lipinski definition) is 1. The topological polar surface area (TPSA) is 107 Å². The molecule has 1 amide bonds.